The lowest BCUT2D eigenvalue weighted by molar-refractivity contribution is 0.159. The van der Waals surface area contributed by atoms with E-state index in [-0.39, 0.29) is 24.0 Å². The van der Waals surface area contributed by atoms with Crippen molar-refractivity contribution in [1.82, 2.24) is 20.4 Å². The first-order chi connectivity index (χ1) is 13.6. The van der Waals surface area contributed by atoms with Crippen molar-refractivity contribution in [3.63, 3.8) is 0 Å². The molecular formula is C22H40IN5O. The molecule has 1 saturated heterocycles. The molecule has 1 aromatic rings. The molecule has 2 N–H and O–H groups in total. The summed E-state index contributed by atoms with van der Waals surface area (Å²) in [6, 6.07) is 8.93. The number of guanidine groups is 1. The molecule has 2 rings (SSSR count). The molecule has 0 aromatic heterocycles. The van der Waals surface area contributed by atoms with Crippen molar-refractivity contribution < 1.29 is 4.74 Å². The minimum absolute atomic E-state index is 0. The minimum atomic E-state index is 0. The Morgan fingerprint density at radius 3 is 2.76 bits per heavy atom. The van der Waals surface area contributed by atoms with E-state index in [1.54, 1.807) is 0 Å². The number of ether oxygens (including phenoxy) is 1. The highest BCUT2D eigenvalue weighted by Crippen LogP contribution is 2.18. The number of likely N-dealkylation sites (tertiary alicyclic amines) is 1. The third kappa shape index (κ3) is 10.00. The number of hydrogen-bond donors (Lipinski definition) is 2. The maximum absolute atomic E-state index is 5.94. The van der Waals surface area contributed by atoms with E-state index in [9.17, 15) is 0 Å². The zero-order valence-electron chi connectivity index (χ0n) is 18.6. The van der Waals surface area contributed by atoms with Crippen molar-refractivity contribution in [2.24, 2.45) is 4.99 Å². The van der Waals surface area contributed by atoms with Crippen LogP contribution in [0.15, 0.2) is 29.3 Å². The average molecular weight is 518 g/mol. The van der Waals surface area contributed by atoms with Crippen molar-refractivity contribution >= 4 is 29.9 Å². The van der Waals surface area contributed by atoms with Gasteiger partial charge in [-0.25, -0.2) is 0 Å². The average Bonchev–Trinajstić information content (AvgIpc) is 2.69. The summed E-state index contributed by atoms with van der Waals surface area (Å²) in [5.74, 6) is 1.78. The van der Waals surface area contributed by atoms with Crippen molar-refractivity contribution in [2.75, 3.05) is 53.9 Å². The Kier molecular flexibility index (Phi) is 13.3. The van der Waals surface area contributed by atoms with Crippen LogP contribution in [0, 0.1) is 0 Å². The van der Waals surface area contributed by atoms with Crippen LogP contribution in [0.2, 0.25) is 0 Å². The molecule has 1 atom stereocenters. The van der Waals surface area contributed by atoms with E-state index in [4.69, 9.17) is 4.74 Å². The fourth-order valence-corrected chi connectivity index (χ4v) is 3.51. The molecule has 1 aromatic carbocycles. The molecule has 0 bridgehead atoms. The van der Waals surface area contributed by atoms with Gasteiger partial charge in [-0.2, -0.15) is 0 Å². The number of halogens is 1. The van der Waals surface area contributed by atoms with E-state index in [2.05, 4.69) is 52.5 Å². The van der Waals surface area contributed by atoms with Crippen LogP contribution in [-0.2, 0) is 6.54 Å². The number of likely N-dealkylation sites (N-methyl/N-ethyl adjacent to an activating group) is 1. The Bertz CT molecular complexity index is 596. The smallest absolute Gasteiger partial charge is 0.191 e. The van der Waals surface area contributed by atoms with E-state index in [1.807, 2.05) is 25.2 Å². The number of rotatable bonds is 10. The normalized spacial score (nSPS) is 17.7. The van der Waals surface area contributed by atoms with E-state index in [0.29, 0.717) is 13.2 Å². The summed E-state index contributed by atoms with van der Waals surface area (Å²) in [5.41, 5.74) is 1.14. The van der Waals surface area contributed by atoms with Crippen LogP contribution in [0.3, 0.4) is 0 Å². The van der Waals surface area contributed by atoms with Gasteiger partial charge >= 0.3 is 0 Å². The molecule has 1 heterocycles. The number of benzene rings is 1. The zero-order chi connectivity index (χ0) is 20.2. The number of nitrogens with zero attached hydrogens (tertiary/aromatic N) is 3. The number of para-hydroxylation sites is 1. The highest BCUT2D eigenvalue weighted by atomic mass is 127. The van der Waals surface area contributed by atoms with Crippen molar-refractivity contribution in [1.29, 1.82) is 0 Å². The molecule has 0 amide bonds. The first-order valence-electron chi connectivity index (χ1n) is 10.6. The van der Waals surface area contributed by atoms with Crippen LogP contribution < -0.4 is 15.4 Å². The first-order valence-corrected chi connectivity index (χ1v) is 10.6. The number of hydrogen-bond acceptors (Lipinski definition) is 4. The summed E-state index contributed by atoms with van der Waals surface area (Å²) in [6.45, 7) is 7.98. The van der Waals surface area contributed by atoms with Gasteiger partial charge in [-0.3, -0.25) is 4.99 Å². The van der Waals surface area contributed by atoms with Gasteiger partial charge in [0.25, 0.3) is 0 Å². The quantitative estimate of drug-likeness (QED) is 0.216. The van der Waals surface area contributed by atoms with Crippen molar-refractivity contribution in [2.45, 2.75) is 45.2 Å². The van der Waals surface area contributed by atoms with Crippen LogP contribution in [0.4, 0.5) is 0 Å². The van der Waals surface area contributed by atoms with E-state index in [1.165, 1.54) is 25.8 Å². The van der Waals surface area contributed by atoms with Gasteiger partial charge in [0.05, 0.1) is 0 Å². The lowest BCUT2D eigenvalue weighted by Crippen LogP contribution is -2.41. The van der Waals surface area contributed by atoms with Gasteiger partial charge in [0, 0.05) is 44.8 Å². The van der Waals surface area contributed by atoms with Crippen LogP contribution in [0.25, 0.3) is 0 Å². The molecule has 1 aliphatic heterocycles. The lowest BCUT2D eigenvalue weighted by atomic mass is 10.0. The van der Waals surface area contributed by atoms with Gasteiger partial charge in [-0.15, -0.1) is 24.0 Å². The maximum atomic E-state index is 5.94. The van der Waals surface area contributed by atoms with Crippen LogP contribution >= 0.6 is 24.0 Å². The Balaban J connectivity index is 0.00000420. The first kappa shape index (κ1) is 26.0. The van der Waals surface area contributed by atoms with E-state index in [0.717, 1.165) is 49.4 Å². The number of aliphatic imine (C=N–C) groups is 1. The Hall–Kier alpha value is -1.06. The largest absolute Gasteiger partial charge is 0.492 e. The van der Waals surface area contributed by atoms with Crippen LogP contribution in [-0.4, -0.2) is 75.7 Å². The highest BCUT2D eigenvalue weighted by molar-refractivity contribution is 14.0. The standard InChI is InChI=1S/C22H39N5O.HI/c1-19-10-7-8-14-27(19)15-9-13-24-22(23-2)25-18-20-11-5-6-12-21(20)28-17-16-26(3)4;/h5-6,11-12,19H,7-10,13-18H2,1-4H3,(H2,23,24,25);1H. The van der Waals surface area contributed by atoms with E-state index < -0.39 is 0 Å². The van der Waals surface area contributed by atoms with Gasteiger partial charge in [0.15, 0.2) is 5.96 Å². The third-order valence-electron chi connectivity index (χ3n) is 5.29. The molecule has 7 heteroatoms. The number of nitrogens with one attached hydrogen (secondary N) is 2. The van der Waals surface area contributed by atoms with Crippen molar-refractivity contribution in [3.8, 4) is 5.75 Å². The molecule has 0 radical (unpaired) electrons. The molecular weight excluding hydrogens is 477 g/mol. The summed E-state index contributed by atoms with van der Waals surface area (Å²) in [5, 5.41) is 6.84. The molecule has 0 spiro atoms. The van der Waals surface area contributed by atoms with Crippen LogP contribution in [0.5, 0.6) is 5.75 Å². The summed E-state index contributed by atoms with van der Waals surface area (Å²) >= 11 is 0. The maximum Gasteiger partial charge on any atom is 0.191 e. The van der Waals surface area contributed by atoms with Gasteiger partial charge in [-0.05, 0) is 52.9 Å². The summed E-state index contributed by atoms with van der Waals surface area (Å²) in [6.07, 6.45) is 5.20. The molecule has 1 unspecified atom stereocenters. The second kappa shape index (κ2) is 14.8. The molecule has 0 aliphatic carbocycles. The lowest BCUT2D eigenvalue weighted by Gasteiger charge is -2.33. The van der Waals surface area contributed by atoms with E-state index >= 15 is 0 Å². The van der Waals surface area contributed by atoms with Gasteiger partial charge in [0.1, 0.15) is 12.4 Å². The SMILES string of the molecule is CN=C(NCCCN1CCCCC1C)NCc1ccccc1OCCN(C)C.I. The molecule has 0 saturated carbocycles. The summed E-state index contributed by atoms with van der Waals surface area (Å²) < 4.78 is 5.94. The molecule has 1 aliphatic rings. The van der Waals surface area contributed by atoms with Gasteiger partial charge in [0.2, 0.25) is 0 Å². The molecule has 1 fully saturated rings. The Morgan fingerprint density at radius 1 is 1.24 bits per heavy atom. The number of piperidine rings is 1. The summed E-state index contributed by atoms with van der Waals surface area (Å²) in [7, 11) is 5.93. The second-order valence-electron chi connectivity index (χ2n) is 7.85. The fraction of sp³-hybridized carbons (Fsp3) is 0.682. The topological polar surface area (TPSA) is 52.1 Å². The Labute approximate surface area is 194 Å². The second-order valence-corrected chi connectivity index (χ2v) is 7.85. The van der Waals surface area contributed by atoms with Gasteiger partial charge in [-0.1, -0.05) is 24.6 Å². The van der Waals surface area contributed by atoms with Gasteiger partial charge < -0.3 is 25.2 Å². The monoisotopic (exact) mass is 517 g/mol. The predicted molar refractivity (Wildman–Crippen MR) is 134 cm³/mol. The molecule has 29 heavy (non-hydrogen) atoms. The van der Waals surface area contributed by atoms with Crippen molar-refractivity contribution in [3.05, 3.63) is 29.8 Å². The Morgan fingerprint density at radius 2 is 2.03 bits per heavy atom. The van der Waals surface area contributed by atoms with Crippen LogP contribution in [0.1, 0.15) is 38.2 Å². The summed E-state index contributed by atoms with van der Waals surface area (Å²) in [4.78, 5) is 9.09. The molecule has 6 nitrogen and oxygen atoms in total. The fourth-order valence-electron chi connectivity index (χ4n) is 3.51. The predicted octanol–water partition coefficient (Wildman–Crippen LogP) is 3.17. The molecule has 166 valence electrons. The third-order valence-corrected chi connectivity index (χ3v) is 5.29. The highest BCUT2D eigenvalue weighted by Gasteiger charge is 2.17. The minimum Gasteiger partial charge on any atom is -0.492 e. The zero-order valence-corrected chi connectivity index (χ0v) is 20.9.